The highest BCUT2D eigenvalue weighted by molar-refractivity contribution is 6.54. The first kappa shape index (κ1) is 9.30. The van der Waals surface area contributed by atoms with Gasteiger partial charge in [0, 0.05) is 5.56 Å². The number of nitrogens with one attached hydrogen (secondary N) is 1. The van der Waals surface area contributed by atoms with E-state index in [-0.39, 0.29) is 5.71 Å². The molecular weight excluding hydrogens is 227 g/mol. The Bertz CT molecular complexity index is 457. The maximum absolute atomic E-state index is 11.2. The number of carbonyl (C=O) groups excluding carboxylic acids is 1. The fourth-order valence-corrected chi connectivity index (χ4v) is 1.58. The van der Waals surface area contributed by atoms with Gasteiger partial charge in [-0.25, -0.2) is 0 Å². The van der Waals surface area contributed by atoms with Gasteiger partial charge in [0.15, 0.2) is 5.71 Å². The van der Waals surface area contributed by atoms with Crippen molar-refractivity contribution < 1.29 is 10.0 Å². The largest absolute Gasteiger partial charge is 0.410 e. The number of halogens is 2. The van der Waals surface area contributed by atoms with Crippen molar-refractivity contribution in [2.45, 2.75) is 0 Å². The Morgan fingerprint density at radius 3 is 2.57 bits per heavy atom. The summed E-state index contributed by atoms with van der Waals surface area (Å²) in [4.78, 5) is 11.2. The lowest BCUT2D eigenvalue weighted by Gasteiger charge is -1.99. The quantitative estimate of drug-likeness (QED) is 0.530. The van der Waals surface area contributed by atoms with Crippen LogP contribution < -0.4 is 5.32 Å². The minimum absolute atomic E-state index is 0.0569. The van der Waals surface area contributed by atoms with Crippen LogP contribution in [0.1, 0.15) is 5.56 Å². The summed E-state index contributed by atoms with van der Waals surface area (Å²) in [5.41, 5.74) is 0.891. The van der Waals surface area contributed by atoms with E-state index in [0.717, 1.165) is 0 Å². The van der Waals surface area contributed by atoms with Crippen molar-refractivity contribution >= 4 is 40.5 Å². The first-order valence-corrected chi connectivity index (χ1v) is 4.42. The molecule has 0 bridgehead atoms. The molecule has 1 heterocycles. The standard InChI is InChI=1S/C8H4Cl2N2O2/c9-4-1-3-6(2-5(4)10)11-8(13)7(3)12-14/h1-2,14H,(H,11,12,13). The van der Waals surface area contributed by atoms with E-state index in [2.05, 4.69) is 10.5 Å². The summed E-state index contributed by atoms with van der Waals surface area (Å²) in [5, 5.41) is 14.6. The molecule has 0 aliphatic carbocycles. The van der Waals surface area contributed by atoms with Gasteiger partial charge in [-0.05, 0) is 12.1 Å². The average Bonchev–Trinajstić information content (AvgIpc) is 2.42. The van der Waals surface area contributed by atoms with E-state index in [0.29, 0.717) is 21.3 Å². The first-order valence-electron chi connectivity index (χ1n) is 3.66. The van der Waals surface area contributed by atoms with Gasteiger partial charge in [-0.15, -0.1) is 0 Å². The number of carbonyl (C=O) groups is 1. The average molecular weight is 231 g/mol. The third kappa shape index (κ3) is 1.23. The normalized spacial score (nSPS) is 17.0. The molecule has 0 fully saturated rings. The molecule has 0 saturated heterocycles. The molecule has 1 aromatic rings. The van der Waals surface area contributed by atoms with Gasteiger partial charge < -0.3 is 10.5 Å². The zero-order valence-electron chi connectivity index (χ0n) is 6.71. The van der Waals surface area contributed by atoms with Gasteiger partial charge >= 0.3 is 0 Å². The predicted octanol–water partition coefficient (Wildman–Crippen LogP) is 2.12. The molecule has 6 heteroatoms. The second-order valence-electron chi connectivity index (χ2n) is 2.71. The number of amides is 1. The van der Waals surface area contributed by atoms with Gasteiger partial charge in [-0.3, -0.25) is 4.79 Å². The number of rotatable bonds is 0. The van der Waals surface area contributed by atoms with E-state index < -0.39 is 5.91 Å². The number of anilines is 1. The van der Waals surface area contributed by atoms with Gasteiger partial charge in [-0.2, -0.15) is 0 Å². The van der Waals surface area contributed by atoms with Crippen LogP contribution in [-0.4, -0.2) is 16.8 Å². The van der Waals surface area contributed by atoms with Crippen molar-refractivity contribution in [1.29, 1.82) is 0 Å². The molecule has 14 heavy (non-hydrogen) atoms. The molecule has 1 aliphatic rings. The highest BCUT2D eigenvalue weighted by Crippen LogP contribution is 2.32. The van der Waals surface area contributed by atoms with Gasteiger partial charge in [0.1, 0.15) is 0 Å². The lowest BCUT2D eigenvalue weighted by Crippen LogP contribution is -2.13. The van der Waals surface area contributed by atoms with Crippen molar-refractivity contribution in [2.24, 2.45) is 5.16 Å². The van der Waals surface area contributed by atoms with E-state index in [1.807, 2.05) is 0 Å². The Balaban J connectivity index is 2.66. The summed E-state index contributed by atoms with van der Waals surface area (Å²) in [6.45, 7) is 0. The number of oxime groups is 1. The van der Waals surface area contributed by atoms with Crippen LogP contribution in [0.4, 0.5) is 5.69 Å². The molecule has 2 N–H and O–H groups in total. The highest BCUT2D eigenvalue weighted by Gasteiger charge is 2.27. The summed E-state index contributed by atoms with van der Waals surface area (Å²) >= 11 is 11.5. The van der Waals surface area contributed by atoms with Gasteiger partial charge in [0.25, 0.3) is 5.91 Å². The fourth-order valence-electron chi connectivity index (χ4n) is 1.25. The molecule has 1 aliphatic heterocycles. The summed E-state index contributed by atoms with van der Waals surface area (Å²) < 4.78 is 0. The minimum atomic E-state index is -0.471. The number of nitrogens with zero attached hydrogens (tertiary/aromatic N) is 1. The smallest absolute Gasteiger partial charge is 0.278 e. The Labute approximate surface area is 89.1 Å². The van der Waals surface area contributed by atoms with Crippen LogP contribution in [0.2, 0.25) is 10.0 Å². The molecule has 0 aromatic heterocycles. The Morgan fingerprint density at radius 2 is 1.93 bits per heavy atom. The minimum Gasteiger partial charge on any atom is -0.410 e. The molecule has 0 saturated carbocycles. The zero-order valence-corrected chi connectivity index (χ0v) is 8.23. The van der Waals surface area contributed by atoms with Crippen molar-refractivity contribution in [3.8, 4) is 0 Å². The number of fused-ring (bicyclic) bond motifs is 1. The molecule has 1 amide bonds. The van der Waals surface area contributed by atoms with Crippen LogP contribution in [0.5, 0.6) is 0 Å². The van der Waals surface area contributed by atoms with Crippen LogP contribution >= 0.6 is 23.2 Å². The van der Waals surface area contributed by atoms with Crippen molar-refractivity contribution in [2.75, 3.05) is 5.32 Å². The molecule has 0 atom stereocenters. The van der Waals surface area contributed by atoms with E-state index in [1.54, 1.807) is 0 Å². The van der Waals surface area contributed by atoms with Gasteiger partial charge in [-0.1, -0.05) is 28.4 Å². The monoisotopic (exact) mass is 230 g/mol. The summed E-state index contributed by atoms with van der Waals surface area (Å²) in [5.74, 6) is -0.471. The summed E-state index contributed by atoms with van der Waals surface area (Å²) in [6.07, 6.45) is 0. The second kappa shape index (κ2) is 3.15. The van der Waals surface area contributed by atoms with Crippen molar-refractivity contribution in [3.05, 3.63) is 27.7 Å². The van der Waals surface area contributed by atoms with Gasteiger partial charge in [0.05, 0.1) is 15.7 Å². The first-order chi connectivity index (χ1) is 6.63. The summed E-state index contributed by atoms with van der Waals surface area (Å²) in [7, 11) is 0. The number of hydrogen-bond acceptors (Lipinski definition) is 3. The molecule has 2 rings (SSSR count). The van der Waals surface area contributed by atoms with Crippen molar-refractivity contribution in [1.82, 2.24) is 0 Å². The van der Waals surface area contributed by atoms with Crippen LogP contribution in [0.25, 0.3) is 0 Å². The van der Waals surface area contributed by atoms with E-state index in [9.17, 15) is 4.79 Å². The molecule has 0 spiro atoms. The van der Waals surface area contributed by atoms with E-state index >= 15 is 0 Å². The Morgan fingerprint density at radius 1 is 1.29 bits per heavy atom. The SMILES string of the molecule is O=C1Nc2cc(Cl)c(Cl)cc2C1=NO. The second-order valence-corrected chi connectivity index (χ2v) is 3.53. The van der Waals surface area contributed by atoms with Crippen LogP contribution in [-0.2, 0) is 4.79 Å². The topological polar surface area (TPSA) is 61.7 Å². The van der Waals surface area contributed by atoms with Crippen LogP contribution in [0, 0.1) is 0 Å². The molecule has 1 aromatic carbocycles. The highest BCUT2D eigenvalue weighted by atomic mass is 35.5. The van der Waals surface area contributed by atoms with E-state index in [4.69, 9.17) is 28.4 Å². The maximum atomic E-state index is 11.2. The third-order valence-electron chi connectivity index (χ3n) is 1.88. The third-order valence-corrected chi connectivity index (χ3v) is 2.60. The lowest BCUT2D eigenvalue weighted by molar-refractivity contribution is -0.110. The summed E-state index contributed by atoms with van der Waals surface area (Å²) in [6, 6.07) is 2.99. The predicted molar refractivity (Wildman–Crippen MR) is 53.4 cm³/mol. The molecule has 0 radical (unpaired) electrons. The maximum Gasteiger partial charge on any atom is 0.278 e. The molecule has 72 valence electrons. The fraction of sp³-hybridized carbons (Fsp3) is 0. The van der Waals surface area contributed by atoms with Crippen molar-refractivity contribution in [3.63, 3.8) is 0 Å². The molecule has 0 unspecified atom stereocenters. The molecule has 4 nitrogen and oxygen atoms in total. The Hall–Kier alpha value is -1.26. The van der Waals surface area contributed by atoms with Crippen LogP contribution in [0.15, 0.2) is 17.3 Å². The number of benzene rings is 1. The zero-order chi connectivity index (χ0) is 10.3. The Kier molecular flexibility index (Phi) is 2.09. The lowest BCUT2D eigenvalue weighted by atomic mass is 10.1. The number of hydrogen-bond donors (Lipinski definition) is 2. The van der Waals surface area contributed by atoms with Crippen LogP contribution in [0.3, 0.4) is 0 Å². The van der Waals surface area contributed by atoms with E-state index in [1.165, 1.54) is 12.1 Å². The van der Waals surface area contributed by atoms with Gasteiger partial charge in [0.2, 0.25) is 0 Å². The molecular formula is C8H4Cl2N2O2.